The van der Waals surface area contributed by atoms with Crippen LogP contribution in [0.1, 0.15) is 83.2 Å². The van der Waals surface area contributed by atoms with Gasteiger partial charge in [0.05, 0.1) is 54.4 Å². The number of carbonyl (C=O) groups excluding carboxylic acids is 1. The van der Waals surface area contributed by atoms with Crippen molar-refractivity contribution in [3.8, 4) is 11.5 Å². The van der Waals surface area contributed by atoms with Gasteiger partial charge in [-0.05, 0) is 116 Å². The summed E-state index contributed by atoms with van der Waals surface area (Å²) in [5.41, 5.74) is 8.70. The minimum absolute atomic E-state index is 0.0482. The van der Waals surface area contributed by atoms with Crippen LogP contribution in [0.5, 0.6) is 11.5 Å². The van der Waals surface area contributed by atoms with Gasteiger partial charge in [0.15, 0.2) is 0 Å². The summed E-state index contributed by atoms with van der Waals surface area (Å²) in [7, 11) is 1.91. The summed E-state index contributed by atoms with van der Waals surface area (Å²) in [6, 6.07) is 8.23. The van der Waals surface area contributed by atoms with E-state index in [4.69, 9.17) is 9.47 Å². The number of amides is 1. The molecule has 0 spiro atoms. The lowest BCUT2D eigenvalue weighted by atomic mass is 9.87. The van der Waals surface area contributed by atoms with Gasteiger partial charge in [-0.3, -0.25) is 19.6 Å². The monoisotopic (exact) mass is 871 g/mol. The highest BCUT2D eigenvalue weighted by atomic mass is 32.1. The molecule has 2 aromatic carbocycles. The number of aliphatic imine (C=N–C) groups is 2. The zero-order valence-electron chi connectivity index (χ0n) is 35.3. The van der Waals surface area contributed by atoms with Gasteiger partial charge in [0.2, 0.25) is 5.91 Å². The Hall–Kier alpha value is -6.00. The molecule has 6 heterocycles. The molecule has 16 heteroatoms. The first kappa shape index (κ1) is 41.4. The van der Waals surface area contributed by atoms with Crippen molar-refractivity contribution in [3.63, 3.8) is 0 Å². The maximum atomic E-state index is 12.9. The topological polar surface area (TPSA) is 176 Å². The van der Waals surface area contributed by atoms with Crippen molar-refractivity contribution in [2.24, 2.45) is 21.8 Å². The maximum Gasteiger partial charge on any atom is 0.306 e. The summed E-state index contributed by atoms with van der Waals surface area (Å²) in [6.07, 6.45) is 12.4. The molecular formula is C46H49N9O5S2. The van der Waals surface area contributed by atoms with Crippen molar-refractivity contribution in [2.75, 3.05) is 37.4 Å². The summed E-state index contributed by atoms with van der Waals surface area (Å²) in [4.78, 5) is 57.2. The molecule has 2 unspecified atom stereocenters. The van der Waals surface area contributed by atoms with Crippen LogP contribution in [0.25, 0.3) is 20.4 Å². The first-order valence-corrected chi connectivity index (χ1v) is 23.0. The fraction of sp³-hybridized carbons (Fsp3) is 0.391. The molecule has 4 aromatic heterocycles. The van der Waals surface area contributed by atoms with Crippen molar-refractivity contribution in [2.45, 2.75) is 78.8 Å². The average Bonchev–Trinajstić information content (AvgIpc) is 4.08. The Morgan fingerprint density at radius 1 is 0.742 bits per heavy atom. The van der Waals surface area contributed by atoms with Crippen molar-refractivity contribution < 1.29 is 24.2 Å². The number of aryl methyl sites for hydroxylation is 2. The molecule has 62 heavy (non-hydrogen) atoms. The smallest absolute Gasteiger partial charge is 0.306 e. The number of fused-ring (bicyclic) bond motifs is 8. The Kier molecular flexibility index (Phi) is 11.9. The summed E-state index contributed by atoms with van der Waals surface area (Å²) in [5.74, 6) is 2.37. The van der Waals surface area contributed by atoms with Crippen LogP contribution < -0.4 is 20.1 Å². The summed E-state index contributed by atoms with van der Waals surface area (Å²) >= 11 is 3.26. The number of carbonyl (C=O) groups is 2. The highest BCUT2D eigenvalue weighted by Gasteiger charge is 2.32. The number of nitrogens with one attached hydrogen (secondary N) is 2. The van der Waals surface area contributed by atoms with Crippen LogP contribution in [0.4, 0.5) is 23.0 Å². The number of rotatable bonds is 12. The Morgan fingerprint density at radius 2 is 1.24 bits per heavy atom. The van der Waals surface area contributed by atoms with E-state index in [1.807, 2.05) is 50.4 Å². The molecule has 3 N–H and O–H groups in total. The number of benzene rings is 2. The van der Waals surface area contributed by atoms with Crippen LogP contribution >= 0.6 is 22.7 Å². The predicted molar refractivity (Wildman–Crippen MR) is 246 cm³/mol. The number of thiophene rings is 2. The predicted octanol–water partition coefficient (Wildman–Crippen LogP) is 8.70. The maximum absolute atomic E-state index is 12.9. The van der Waals surface area contributed by atoms with E-state index in [9.17, 15) is 14.7 Å². The van der Waals surface area contributed by atoms with Gasteiger partial charge in [0, 0.05) is 41.7 Å². The van der Waals surface area contributed by atoms with Crippen molar-refractivity contribution in [3.05, 3.63) is 80.1 Å². The summed E-state index contributed by atoms with van der Waals surface area (Å²) < 4.78 is 11.8. The molecule has 0 saturated heterocycles. The van der Waals surface area contributed by atoms with E-state index in [1.165, 1.54) is 21.6 Å². The molecule has 2 aliphatic carbocycles. The van der Waals surface area contributed by atoms with Crippen LogP contribution in [0, 0.1) is 11.8 Å². The van der Waals surface area contributed by atoms with Gasteiger partial charge >= 0.3 is 5.97 Å². The molecule has 2 atom stereocenters. The number of anilines is 4. The standard InChI is InChI=1S/C25H29N5O2S.C21H20N4O3S/c1-4-8-30(3)25(31)15-6-7-18-21(11-15)33-24-22(18)23(27-14-28-24)29-19-9-16-12-26-13-17(16)10-20(19)32-5-2;1-2-28-16-6-13-9-22-8-12(13)5-15(16)25-19-18-14-4-3-11(21(26)27)7-17(14)29-20(18)24-10-23-19/h9-10,12,14-15H,4-8,11,13H2,1-3H3,(H,27,28,29);5-6,8,10-11H,2-4,7,9H2,1H3,(H,26,27)(H,23,24,25). The fourth-order valence-electron chi connectivity index (χ4n) is 8.87. The number of hydrogen-bond acceptors (Lipinski definition) is 14. The zero-order chi connectivity index (χ0) is 42.9. The van der Waals surface area contributed by atoms with Crippen LogP contribution in [-0.2, 0) is 48.4 Å². The van der Waals surface area contributed by atoms with Gasteiger partial charge in [0.25, 0.3) is 0 Å². The highest BCUT2D eigenvalue weighted by Crippen LogP contribution is 2.44. The largest absolute Gasteiger partial charge is 0.492 e. The van der Waals surface area contributed by atoms with Gasteiger partial charge < -0.3 is 30.1 Å². The second-order valence-electron chi connectivity index (χ2n) is 15.9. The van der Waals surface area contributed by atoms with E-state index in [-0.39, 0.29) is 17.7 Å². The molecule has 14 nitrogen and oxygen atoms in total. The van der Waals surface area contributed by atoms with Crippen LogP contribution in [0.15, 0.2) is 46.9 Å². The third kappa shape index (κ3) is 8.08. The lowest BCUT2D eigenvalue weighted by molar-refractivity contribution is -0.142. The van der Waals surface area contributed by atoms with Gasteiger partial charge in [-0.15, -0.1) is 22.7 Å². The number of carboxylic acid groups (broad SMARTS) is 1. The minimum Gasteiger partial charge on any atom is -0.492 e. The minimum atomic E-state index is -0.723. The van der Waals surface area contributed by atoms with Gasteiger partial charge in [-0.1, -0.05) is 6.92 Å². The van der Waals surface area contributed by atoms with E-state index in [0.717, 1.165) is 115 Å². The van der Waals surface area contributed by atoms with Crippen LogP contribution in [0.2, 0.25) is 0 Å². The summed E-state index contributed by atoms with van der Waals surface area (Å²) in [6.45, 7) is 9.39. The molecular weight excluding hydrogens is 823 g/mol. The molecule has 2 aliphatic heterocycles. The molecule has 0 radical (unpaired) electrons. The molecule has 6 aromatic rings. The Bertz CT molecular complexity index is 2760. The average molecular weight is 872 g/mol. The second kappa shape index (κ2) is 17.8. The number of carboxylic acids is 1. The van der Waals surface area contributed by atoms with Gasteiger partial charge in [0.1, 0.15) is 45.5 Å². The third-order valence-corrected chi connectivity index (χ3v) is 14.2. The number of aromatic nitrogens is 4. The molecule has 0 fully saturated rings. The highest BCUT2D eigenvalue weighted by molar-refractivity contribution is 7.19. The first-order chi connectivity index (χ1) is 30.2. The van der Waals surface area contributed by atoms with Crippen molar-refractivity contribution >= 4 is 90.4 Å². The van der Waals surface area contributed by atoms with E-state index >= 15 is 0 Å². The SMILES string of the molecule is CCCN(C)C(=O)C1CCc2c(sc3ncnc(Nc4cc5c(cc4OCC)CN=C5)c23)C1.CCOc1cc2c(cc1Nc1ncnc3sc4c(c13)CCC(C(=O)O)C4)C=NC2. The molecule has 0 bridgehead atoms. The molecule has 0 saturated carbocycles. The van der Waals surface area contributed by atoms with E-state index in [1.54, 1.807) is 35.3 Å². The summed E-state index contributed by atoms with van der Waals surface area (Å²) in [5, 5.41) is 18.4. The molecule has 320 valence electrons. The number of ether oxygens (including phenoxy) is 2. The first-order valence-electron chi connectivity index (χ1n) is 21.3. The number of aliphatic carboxylic acids is 1. The lowest BCUT2D eigenvalue weighted by Gasteiger charge is -2.26. The van der Waals surface area contributed by atoms with Crippen LogP contribution in [-0.4, -0.2) is 81.1 Å². The van der Waals surface area contributed by atoms with E-state index in [2.05, 4.69) is 59.6 Å². The number of hydrogen-bond donors (Lipinski definition) is 3. The molecule has 4 aliphatic rings. The van der Waals surface area contributed by atoms with Gasteiger partial charge in [-0.2, -0.15) is 0 Å². The van der Waals surface area contributed by atoms with E-state index in [0.29, 0.717) is 39.1 Å². The zero-order valence-corrected chi connectivity index (χ0v) is 36.9. The number of nitrogens with zero attached hydrogens (tertiary/aromatic N) is 7. The van der Waals surface area contributed by atoms with Crippen LogP contribution in [0.3, 0.4) is 0 Å². The third-order valence-electron chi connectivity index (χ3n) is 11.9. The molecule has 10 rings (SSSR count). The van der Waals surface area contributed by atoms with Gasteiger partial charge in [-0.25, -0.2) is 19.9 Å². The lowest BCUT2D eigenvalue weighted by Crippen LogP contribution is -2.35. The second-order valence-corrected chi connectivity index (χ2v) is 18.1. The fourth-order valence-corrected chi connectivity index (χ4v) is 11.4. The Morgan fingerprint density at radius 3 is 1.73 bits per heavy atom. The normalized spacial score (nSPS) is 16.8. The Labute approximate surface area is 367 Å². The molecule has 1 amide bonds. The quantitative estimate of drug-likeness (QED) is 0.107. The van der Waals surface area contributed by atoms with E-state index < -0.39 is 5.97 Å². The van der Waals surface area contributed by atoms with Crippen molar-refractivity contribution in [1.82, 2.24) is 24.8 Å². The van der Waals surface area contributed by atoms with Crippen molar-refractivity contribution in [1.29, 1.82) is 0 Å². The Balaban J connectivity index is 0.000000159.